The second-order valence-corrected chi connectivity index (χ2v) is 8.11. The molecule has 4 aromatic rings. The first-order chi connectivity index (χ1) is 16.2. The van der Waals surface area contributed by atoms with Crippen LogP contribution in [-0.4, -0.2) is 47.0 Å². The van der Waals surface area contributed by atoms with Crippen molar-refractivity contribution in [2.45, 2.75) is 45.3 Å². The third-order valence-corrected chi connectivity index (χ3v) is 5.58. The maximum atomic E-state index is 12.5. The molecule has 0 aliphatic carbocycles. The lowest BCUT2D eigenvalue weighted by Gasteiger charge is -2.23. The molecule has 1 aliphatic heterocycles. The Balaban J connectivity index is 1.16. The molecular weight excluding hydrogens is 418 g/mol. The number of benzene rings is 2. The average Bonchev–Trinajstić information content (AvgIpc) is 3.56. The molecule has 2 aromatic heterocycles. The van der Waals surface area contributed by atoms with E-state index in [4.69, 9.17) is 4.74 Å². The molecule has 2 aromatic carbocycles. The summed E-state index contributed by atoms with van der Waals surface area (Å²) in [6.45, 7) is 1.96. The van der Waals surface area contributed by atoms with E-state index >= 15 is 0 Å². The van der Waals surface area contributed by atoms with Gasteiger partial charge in [0.1, 0.15) is 17.6 Å². The minimum absolute atomic E-state index is 0.0605. The highest BCUT2D eigenvalue weighted by atomic mass is 16.5. The third-order valence-electron chi connectivity index (χ3n) is 5.58. The third kappa shape index (κ3) is 5.32. The summed E-state index contributed by atoms with van der Waals surface area (Å²) in [6.07, 6.45) is 4.56. The fourth-order valence-corrected chi connectivity index (χ4v) is 3.94. The van der Waals surface area contributed by atoms with Crippen LogP contribution in [0.25, 0.3) is 0 Å². The molecule has 1 fully saturated rings. The molecule has 5 rings (SSSR count). The van der Waals surface area contributed by atoms with E-state index in [0.29, 0.717) is 39.1 Å². The van der Waals surface area contributed by atoms with Crippen LogP contribution in [0.1, 0.15) is 35.4 Å². The van der Waals surface area contributed by atoms with Crippen molar-refractivity contribution in [3.05, 3.63) is 95.6 Å². The van der Waals surface area contributed by atoms with Gasteiger partial charge in [0.25, 0.3) is 0 Å². The summed E-state index contributed by atoms with van der Waals surface area (Å²) in [5.74, 6) is 0.0605. The zero-order valence-electron chi connectivity index (χ0n) is 18.2. The Labute approximate surface area is 191 Å². The highest BCUT2D eigenvalue weighted by Crippen LogP contribution is 2.23. The van der Waals surface area contributed by atoms with Crippen molar-refractivity contribution in [2.75, 3.05) is 0 Å². The second kappa shape index (κ2) is 9.74. The number of rotatable bonds is 9. The molecule has 0 saturated carbocycles. The van der Waals surface area contributed by atoms with E-state index < -0.39 is 0 Å². The molecule has 0 N–H and O–H groups in total. The van der Waals surface area contributed by atoms with Gasteiger partial charge in [-0.2, -0.15) is 0 Å². The zero-order chi connectivity index (χ0) is 22.5. The lowest BCUT2D eigenvalue weighted by molar-refractivity contribution is -0.138. The van der Waals surface area contributed by atoms with Crippen LogP contribution in [0.2, 0.25) is 0 Å². The maximum Gasteiger partial charge on any atom is 0.225 e. The predicted molar refractivity (Wildman–Crippen MR) is 119 cm³/mol. The summed E-state index contributed by atoms with van der Waals surface area (Å²) in [5.41, 5.74) is 3.78. The number of likely N-dealkylation sites (tertiary alicyclic amines) is 1. The Hall–Kier alpha value is -3.85. The molecule has 1 amide bonds. The summed E-state index contributed by atoms with van der Waals surface area (Å²) in [6, 6.07) is 20.2. The largest absolute Gasteiger partial charge is 0.352 e. The van der Waals surface area contributed by atoms with Crippen LogP contribution < -0.4 is 0 Å². The van der Waals surface area contributed by atoms with Crippen LogP contribution in [0.5, 0.6) is 0 Å². The minimum Gasteiger partial charge on any atom is -0.352 e. The Morgan fingerprint density at radius 3 is 2.00 bits per heavy atom. The van der Waals surface area contributed by atoms with Gasteiger partial charge in [0.15, 0.2) is 0 Å². The molecule has 1 unspecified atom stereocenters. The van der Waals surface area contributed by atoms with Gasteiger partial charge < -0.3 is 9.64 Å². The number of hydrogen-bond donors (Lipinski definition) is 0. The summed E-state index contributed by atoms with van der Waals surface area (Å²) >= 11 is 0. The first kappa shape index (κ1) is 21.0. The molecule has 0 radical (unpaired) electrons. The van der Waals surface area contributed by atoms with E-state index in [9.17, 15) is 4.79 Å². The molecule has 33 heavy (non-hydrogen) atoms. The van der Waals surface area contributed by atoms with Gasteiger partial charge >= 0.3 is 0 Å². The number of carbonyl (C=O) groups excluding carboxylic acids is 1. The fraction of sp³-hybridized carbons (Fsp3) is 0.292. The smallest absolute Gasteiger partial charge is 0.225 e. The Morgan fingerprint density at radius 1 is 0.788 bits per heavy atom. The summed E-state index contributed by atoms with van der Waals surface area (Å²) in [4.78, 5) is 14.2. The Bertz CT molecular complexity index is 1190. The van der Waals surface area contributed by atoms with Crippen molar-refractivity contribution in [1.82, 2.24) is 34.9 Å². The Kier molecular flexibility index (Phi) is 6.21. The van der Waals surface area contributed by atoms with Gasteiger partial charge in [0.05, 0.1) is 38.6 Å². The molecule has 9 nitrogen and oxygen atoms in total. The summed E-state index contributed by atoms with van der Waals surface area (Å²) in [7, 11) is 0. The molecule has 1 atom stereocenters. The van der Waals surface area contributed by atoms with E-state index in [0.717, 1.165) is 22.5 Å². The van der Waals surface area contributed by atoms with Crippen LogP contribution in [0.4, 0.5) is 0 Å². The van der Waals surface area contributed by atoms with Crippen molar-refractivity contribution in [1.29, 1.82) is 0 Å². The van der Waals surface area contributed by atoms with Crippen LogP contribution in [0.3, 0.4) is 0 Å². The summed E-state index contributed by atoms with van der Waals surface area (Å²) < 4.78 is 9.62. The highest BCUT2D eigenvalue weighted by molar-refractivity contribution is 5.78. The number of ether oxygens (including phenoxy) is 1. The molecule has 1 saturated heterocycles. The molecule has 3 heterocycles. The van der Waals surface area contributed by atoms with Crippen molar-refractivity contribution >= 4 is 5.91 Å². The SMILES string of the molecule is O=C1CCC(OCc2cn(Cc3ccccc3)nn2)N1Cc1cn(Cc2ccccc2)nn1. The maximum absolute atomic E-state index is 12.5. The number of hydrogen-bond acceptors (Lipinski definition) is 6. The van der Waals surface area contributed by atoms with Gasteiger partial charge in [-0.15, -0.1) is 10.2 Å². The topological polar surface area (TPSA) is 91.0 Å². The molecule has 0 bridgehead atoms. The van der Waals surface area contributed by atoms with Crippen molar-refractivity contribution in [3.63, 3.8) is 0 Å². The van der Waals surface area contributed by atoms with Gasteiger partial charge in [0, 0.05) is 12.8 Å². The second-order valence-electron chi connectivity index (χ2n) is 8.11. The monoisotopic (exact) mass is 443 g/mol. The summed E-state index contributed by atoms with van der Waals surface area (Å²) in [5, 5.41) is 16.8. The molecule has 1 aliphatic rings. The molecule has 168 valence electrons. The van der Waals surface area contributed by atoms with Crippen molar-refractivity contribution in [2.24, 2.45) is 0 Å². The van der Waals surface area contributed by atoms with E-state index in [1.807, 2.05) is 60.9 Å². The van der Waals surface area contributed by atoms with Crippen LogP contribution in [0, 0.1) is 0 Å². The van der Waals surface area contributed by atoms with E-state index in [-0.39, 0.29) is 12.1 Å². The van der Waals surface area contributed by atoms with Gasteiger partial charge in [0.2, 0.25) is 5.91 Å². The lowest BCUT2D eigenvalue weighted by Crippen LogP contribution is -2.34. The standard InChI is InChI=1S/C24H25N7O2/c32-23-11-12-24(33-18-22-16-30(28-26-22)14-20-9-5-2-6-10-20)31(23)17-21-15-29(27-25-21)13-19-7-3-1-4-8-19/h1-10,15-16,24H,11-14,17-18H2. The van der Waals surface area contributed by atoms with E-state index in [1.54, 1.807) is 14.3 Å². The highest BCUT2D eigenvalue weighted by Gasteiger charge is 2.32. The number of aromatic nitrogens is 6. The predicted octanol–water partition coefficient (Wildman–Crippen LogP) is 2.63. The number of carbonyl (C=O) groups is 1. The zero-order valence-corrected chi connectivity index (χ0v) is 18.2. The Morgan fingerprint density at radius 2 is 1.36 bits per heavy atom. The minimum atomic E-state index is -0.309. The van der Waals surface area contributed by atoms with Crippen LogP contribution >= 0.6 is 0 Å². The van der Waals surface area contributed by atoms with Crippen molar-refractivity contribution < 1.29 is 9.53 Å². The first-order valence-corrected chi connectivity index (χ1v) is 11.0. The first-order valence-electron chi connectivity index (χ1n) is 11.0. The van der Waals surface area contributed by atoms with E-state index in [2.05, 4.69) is 32.8 Å². The normalized spacial score (nSPS) is 15.9. The molecule has 9 heteroatoms. The van der Waals surface area contributed by atoms with Crippen molar-refractivity contribution in [3.8, 4) is 0 Å². The van der Waals surface area contributed by atoms with Crippen LogP contribution in [-0.2, 0) is 35.8 Å². The van der Waals surface area contributed by atoms with Gasteiger partial charge in [-0.3, -0.25) is 4.79 Å². The number of amides is 1. The quantitative estimate of drug-likeness (QED) is 0.395. The average molecular weight is 444 g/mol. The fourth-order valence-electron chi connectivity index (χ4n) is 3.94. The van der Waals surface area contributed by atoms with Crippen LogP contribution in [0.15, 0.2) is 73.1 Å². The lowest BCUT2D eigenvalue weighted by atomic mass is 10.2. The van der Waals surface area contributed by atoms with E-state index in [1.165, 1.54) is 0 Å². The van der Waals surface area contributed by atoms with Gasteiger partial charge in [-0.1, -0.05) is 71.1 Å². The number of nitrogens with zero attached hydrogens (tertiary/aromatic N) is 7. The molecule has 0 spiro atoms. The molecular formula is C24H25N7O2. The van der Waals surface area contributed by atoms with Gasteiger partial charge in [-0.05, 0) is 11.1 Å². The van der Waals surface area contributed by atoms with Gasteiger partial charge in [-0.25, -0.2) is 9.36 Å².